The Hall–Kier alpha value is -2.56. The summed E-state index contributed by atoms with van der Waals surface area (Å²) in [4.78, 5) is 0. The average Bonchev–Trinajstić information content (AvgIpc) is 2.66. The zero-order valence-electron chi connectivity index (χ0n) is 15.4. The van der Waals surface area contributed by atoms with Crippen LogP contribution in [-0.4, -0.2) is 6.36 Å². The number of ether oxygens (including phenoxy) is 1. The smallest absolute Gasteiger partial charge is 0.403 e. The predicted molar refractivity (Wildman–Crippen MR) is 101 cm³/mol. The van der Waals surface area contributed by atoms with Crippen LogP contribution in [0, 0.1) is 5.82 Å². The van der Waals surface area contributed by atoms with Crippen LogP contribution in [0.5, 0.6) is 5.75 Å². The van der Waals surface area contributed by atoms with Gasteiger partial charge in [-0.15, -0.1) is 13.2 Å². The molecular weight excluding hydrogens is 368 g/mol. The van der Waals surface area contributed by atoms with E-state index < -0.39 is 17.9 Å². The second-order valence-electron chi connectivity index (χ2n) is 7.33. The first kappa shape index (κ1) is 18.8. The quantitative estimate of drug-likeness (QED) is 0.453. The van der Waals surface area contributed by atoms with Crippen molar-refractivity contribution in [2.75, 3.05) is 0 Å². The second-order valence-corrected chi connectivity index (χ2v) is 7.33. The Morgan fingerprint density at radius 1 is 0.964 bits per heavy atom. The van der Waals surface area contributed by atoms with Gasteiger partial charge in [-0.1, -0.05) is 43.3 Å². The van der Waals surface area contributed by atoms with Gasteiger partial charge in [-0.3, -0.25) is 0 Å². The minimum absolute atomic E-state index is 0.219. The second kappa shape index (κ2) is 7.12. The molecule has 5 heteroatoms. The number of hydrogen-bond donors (Lipinski definition) is 0. The lowest BCUT2D eigenvalue weighted by molar-refractivity contribution is -0.275. The predicted octanol–water partition coefficient (Wildman–Crippen LogP) is 6.71. The molecule has 28 heavy (non-hydrogen) atoms. The van der Waals surface area contributed by atoms with E-state index in [0.717, 1.165) is 24.0 Å². The molecule has 0 spiro atoms. The normalized spacial score (nSPS) is 16.8. The molecule has 0 aliphatic heterocycles. The van der Waals surface area contributed by atoms with Gasteiger partial charge in [0, 0.05) is 0 Å². The van der Waals surface area contributed by atoms with E-state index in [9.17, 15) is 17.6 Å². The number of alkyl halides is 3. The van der Waals surface area contributed by atoms with E-state index in [1.807, 2.05) is 0 Å². The molecule has 0 heterocycles. The van der Waals surface area contributed by atoms with Crippen molar-refractivity contribution in [1.29, 1.82) is 0 Å². The summed E-state index contributed by atoms with van der Waals surface area (Å²) in [6.45, 7) is 2.12. The summed E-state index contributed by atoms with van der Waals surface area (Å²) in [5.41, 5.74) is 3.95. The number of rotatable bonds is 3. The molecule has 0 amide bonds. The Balaban J connectivity index is 1.60. The van der Waals surface area contributed by atoms with Crippen molar-refractivity contribution in [2.45, 2.75) is 44.9 Å². The molecule has 146 valence electrons. The summed E-state index contributed by atoms with van der Waals surface area (Å²) in [7, 11) is 0. The first-order chi connectivity index (χ1) is 13.3. The molecule has 0 fully saturated rings. The van der Waals surface area contributed by atoms with Gasteiger partial charge in [0.1, 0.15) is 0 Å². The van der Waals surface area contributed by atoms with Crippen molar-refractivity contribution in [1.82, 2.24) is 0 Å². The fourth-order valence-corrected chi connectivity index (χ4v) is 4.03. The maximum atomic E-state index is 14.1. The van der Waals surface area contributed by atoms with Crippen LogP contribution in [0.3, 0.4) is 0 Å². The van der Waals surface area contributed by atoms with Gasteiger partial charge in [-0.2, -0.15) is 0 Å². The van der Waals surface area contributed by atoms with Crippen molar-refractivity contribution in [3.05, 3.63) is 76.6 Å². The topological polar surface area (TPSA) is 9.23 Å². The Bertz CT molecular complexity index is 1020. The lowest BCUT2D eigenvalue weighted by Crippen LogP contribution is -2.19. The zero-order chi connectivity index (χ0) is 19.9. The van der Waals surface area contributed by atoms with Crippen molar-refractivity contribution in [3.63, 3.8) is 0 Å². The van der Waals surface area contributed by atoms with Crippen LogP contribution in [-0.2, 0) is 19.3 Å². The first-order valence-corrected chi connectivity index (χ1v) is 9.42. The number of fused-ring (bicyclic) bond motifs is 2. The summed E-state index contributed by atoms with van der Waals surface area (Å²) in [6, 6.07) is 15.2. The van der Waals surface area contributed by atoms with E-state index >= 15 is 0 Å². The average molecular weight is 388 g/mol. The fraction of sp³-hybridized carbons (Fsp3) is 0.304. The van der Waals surface area contributed by atoms with Crippen LogP contribution in [0.1, 0.15) is 41.5 Å². The summed E-state index contributed by atoms with van der Waals surface area (Å²) in [6.07, 6.45) is -1.89. The Morgan fingerprint density at radius 2 is 1.71 bits per heavy atom. The highest BCUT2D eigenvalue weighted by Crippen LogP contribution is 2.37. The summed E-state index contributed by atoms with van der Waals surface area (Å²) in [5.74, 6) is -1.50. The van der Waals surface area contributed by atoms with Crippen LogP contribution in [0.4, 0.5) is 17.6 Å². The number of aryl methyl sites for hydroxylation is 2. The summed E-state index contributed by atoms with van der Waals surface area (Å²) >= 11 is 0. The van der Waals surface area contributed by atoms with Gasteiger partial charge in [0.05, 0.1) is 0 Å². The van der Waals surface area contributed by atoms with E-state index in [4.69, 9.17) is 0 Å². The Kier molecular flexibility index (Phi) is 4.77. The van der Waals surface area contributed by atoms with Crippen molar-refractivity contribution >= 4 is 10.8 Å². The van der Waals surface area contributed by atoms with E-state index in [1.165, 1.54) is 34.0 Å². The number of halogens is 4. The van der Waals surface area contributed by atoms with Crippen LogP contribution >= 0.6 is 0 Å². The van der Waals surface area contributed by atoms with Gasteiger partial charge in [-0.05, 0) is 76.8 Å². The monoisotopic (exact) mass is 388 g/mol. The fourth-order valence-electron chi connectivity index (χ4n) is 4.03. The maximum absolute atomic E-state index is 14.1. The molecule has 4 rings (SSSR count). The van der Waals surface area contributed by atoms with Gasteiger partial charge >= 0.3 is 6.36 Å². The van der Waals surface area contributed by atoms with E-state index in [0.29, 0.717) is 12.8 Å². The molecule has 3 aromatic rings. The van der Waals surface area contributed by atoms with Crippen molar-refractivity contribution < 1.29 is 22.3 Å². The first-order valence-electron chi connectivity index (χ1n) is 9.42. The molecule has 1 aliphatic rings. The van der Waals surface area contributed by atoms with Crippen molar-refractivity contribution in [2.24, 2.45) is 0 Å². The highest BCUT2D eigenvalue weighted by atomic mass is 19.4. The molecule has 1 aliphatic carbocycles. The molecule has 0 saturated heterocycles. The Labute approximate surface area is 160 Å². The minimum atomic E-state index is -4.89. The largest absolute Gasteiger partial charge is 0.573 e. The van der Waals surface area contributed by atoms with Gasteiger partial charge < -0.3 is 4.74 Å². The standard InChI is InChI=1S/C23H20F4O/c1-2-14-3-4-16-10-17(6-5-15(16)9-14)18-7-8-19-13-22(28-23(25,26)27)21(24)12-20(19)11-18/h3-6,9-10,12-13,18H,2,7-8,11H2,1H3. The molecule has 1 nitrogen and oxygen atoms in total. The minimum Gasteiger partial charge on any atom is -0.403 e. The van der Waals surface area contributed by atoms with Crippen LogP contribution in [0.25, 0.3) is 10.8 Å². The molecular formula is C23H20F4O. The molecule has 0 radical (unpaired) electrons. The lowest BCUT2D eigenvalue weighted by Gasteiger charge is -2.26. The van der Waals surface area contributed by atoms with E-state index in [1.54, 1.807) is 0 Å². The maximum Gasteiger partial charge on any atom is 0.573 e. The van der Waals surface area contributed by atoms with E-state index in [-0.39, 0.29) is 5.92 Å². The van der Waals surface area contributed by atoms with Crippen LogP contribution in [0.2, 0.25) is 0 Å². The third kappa shape index (κ3) is 3.84. The van der Waals surface area contributed by atoms with Crippen LogP contribution < -0.4 is 4.74 Å². The summed E-state index contributed by atoms with van der Waals surface area (Å²) < 4.78 is 55.2. The third-order valence-corrected chi connectivity index (χ3v) is 5.52. The molecule has 1 unspecified atom stereocenters. The SMILES string of the molecule is CCc1ccc2cc(C3CCc4cc(OC(F)(F)F)c(F)cc4C3)ccc2c1. The highest BCUT2D eigenvalue weighted by Gasteiger charge is 2.33. The molecule has 0 N–H and O–H groups in total. The molecule has 0 aromatic heterocycles. The van der Waals surface area contributed by atoms with E-state index in [2.05, 4.69) is 48.1 Å². The van der Waals surface area contributed by atoms with Crippen molar-refractivity contribution in [3.8, 4) is 5.75 Å². The van der Waals surface area contributed by atoms with Gasteiger partial charge in [0.25, 0.3) is 0 Å². The lowest BCUT2D eigenvalue weighted by atomic mass is 9.79. The van der Waals surface area contributed by atoms with Crippen LogP contribution in [0.15, 0.2) is 48.5 Å². The van der Waals surface area contributed by atoms with Gasteiger partial charge in [0.15, 0.2) is 11.6 Å². The number of hydrogen-bond acceptors (Lipinski definition) is 1. The van der Waals surface area contributed by atoms with Gasteiger partial charge in [0.2, 0.25) is 0 Å². The number of benzene rings is 3. The molecule has 1 atom stereocenters. The summed E-state index contributed by atoms with van der Waals surface area (Å²) in [5, 5.41) is 2.36. The zero-order valence-corrected chi connectivity index (χ0v) is 15.4. The molecule has 0 saturated carbocycles. The molecule has 0 bridgehead atoms. The Morgan fingerprint density at radius 3 is 2.46 bits per heavy atom. The third-order valence-electron chi connectivity index (χ3n) is 5.52. The molecule has 3 aromatic carbocycles. The van der Waals surface area contributed by atoms with Gasteiger partial charge in [-0.25, -0.2) is 4.39 Å². The highest BCUT2D eigenvalue weighted by molar-refractivity contribution is 5.84.